The number of para-hydroxylation sites is 1. The van der Waals surface area contributed by atoms with Gasteiger partial charge in [-0.05, 0) is 24.3 Å². The van der Waals surface area contributed by atoms with E-state index in [1.165, 1.54) is 11.2 Å². The predicted molar refractivity (Wildman–Crippen MR) is 121 cm³/mol. The number of halogens is 5. The van der Waals surface area contributed by atoms with E-state index in [4.69, 9.17) is 14.6 Å². The van der Waals surface area contributed by atoms with Crippen LogP contribution in [0.4, 0.5) is 22.0 Å². The van der Waals surface area contributed by atoms with Gasteiger partial charge in [-0.3, -0.25) is 9.20 Å². The van der Waals surface area contributed by atoms with Crippen LogP contribution < -0.4 is 4.74 Å². The molecule has 1 unspecified atom stereocenters. The lowest BCUT2D eigenvalue weighted by Gasteiger charge is -2.38. The number of carbonyl (C=O) groups excluding carboxylic acids is 1. The highest BCUT2D eigenvalue weighted by atomic mass is 19.4. The average Bonchev–Trinajstić information content (AvgIpc) is 3.34. The summed E-state index contributed by atoms with van der Waals surface area (Å²) in [5.41, 5.74) is 1.79. The fraction of sp³-hybridized carbons (Fsp3) is 0.250. The highest BCUT2D eigenvalue weighted by Crippen LogP contribution is 2.32. The molecule has 13 heteroatoms. The number of amides is 1. The van der Waals surface area contributed by atoms with Crippen molar-refractivity contribution < 1.29 is 41.4 Å². The molecule has 1 aromatic carbocycles. The van der Waals surface area contributed by atoms with Gasteiger partial charge in [-0.1, -0.05) is 24.3 Å². The molecule has 1 fully saturated rings. The maximum absolute atomic E-state index is 14.6. The summed E-state index contributed by atoms with van der Waals surface area (Å²) in [7, 11) is 0. The summed E-state index contributed by atoms with van der Waals surface area (Å²) in [5.74, 6) is -6.04. The molecule has 1 aliphatic heterocycles. The quantitative estimate of drug-likeness (QED) is 0.400. The van der Waals surface area contributed by atoms with Crippen molar-refractivity contribution >= 4 is 28.3 Å². The molecule has 0 bridgehead atoms. The number of imidazole rings is 1. The Bertz CT molecular complexity index is 1440. The van der Waals surface area contributed by atoms with E-state index in [2.05, 4.69) is 9.97 Å². The smallest absolute Gasteiger partial charge is 0.475 e. The fourth-order valence-electron chi connectivity index (χ4n) is 3.72. The second-order valence-corrected chi connectivity index (χ2v) is 8.11. The van der Waals surface area contributed by atoms with E-state index in [9.17, 15) is 26.7 Å². The highest BCUT2D eigenvalue weighted by Gasteiger charge is 2.47. The lowest BCUT2D eigenvalue weighted by Crippen LogP contribution is -2.55. The van der Waals surface area contributed by atoms with Gasteiger partial charge in [0.05, 0.1) is 30.1 Å². The van der Waals surface area contributed by atoms with Gasteiger partial charge < -0.3 is 14.7 Å². The number of benzene rings is 1. The zero-order valence-electron chi connectivity index (χ0n) is 18.9. The molecule has 1 aliphatic rings. The third-order valence-electron chi connectivity index (χ3n) is 5.60. The van der Waals surface area contributed by atoms with E-state index in [1.807, 2.05) is 24.3 Å². The van der Waals surface area contributed by atoms with Gasteiger partial charge in [0.25, 0.3) is 11.8 Å². The van der Waals surface area contributed by atoms with Gasteiger partial charge in [0.2, 0.25) is 5.88 Å². The third kappa shape index (κ3) is 5.76. The number of aliphatic carboxylic acids is 1. The summed E-state index contributed by atoms with van der Waals surface area (Å²) < 4.78 is 68.2. The molecule has 0 aliphatic carbocycles. The fourth-order valence-corrected chi connectivity index (χ4v) is 3.72. The molecule has 3 aromatic heterocycles. The number of carboxylic acids is 1. The molecule has 8 nitrogen and oxygen atoms in total. The van der Waals surface area contributed by atoms with Crippen LogP contribution in [0.25, 0.3) is 16.4 Å². The van der Waals surface area contributed by atoms with E-state index in [0.717, 1.165) is 10.9 Å². The normalized spacial score (nSPS) is 17.2. The van der Waals surface area contributed by atoms with Crippen molar-refractivity contribution in [1.29, 1.82) is 0 Å². The second-order valence-electron chi connectivity index (χ2n) is 8.11. The number of hydrogen-bond acceptors (Lipinski definition) is 5. The number of piperidine rings is 1. The number of hydrogen-bond donors (Lipinski definition) is 1. The lowest BCUT2D eigenvalue weighted by atomic mass is 10.0. The summed E-state index contributed by atoms with van der Waals surface area (Å²) in [6.07, 6.45) is -3.87. The number of pyridine rings is 2. The molecule has 1 atom stereocenters. The second kappa shape index (κ2) is 9.99. The Labute approximate surface area is 205 Å². The van der Waals surface area contributed by atoms with Crippen molar-refractivity contribution in [2.24, 2.45) is 0 Å². The van der Waals surface area contributed by atoms with Crippen molar-refractivity contribution in [3.05, 3.63) is 72.8 Å². The van der Waals surface area contributed by atoms with Gasteiger partial charge in [0.15, 0.2) is 6.10 Å². The molecule has 1 N–H and O–H groups in total. The summed E-state index contributed by atoms with van der Waals surface area (Å²) in [6, 6.07) is 16.0. The van der Waals surface area contributed by atoms with Gasteiger partial charge >= 0.3 is 12.1 Å². The van der Waals surface area contributed by atoms with E-state index in [1.54, 1.807) is 40.9 Å². The summed E-state index contributed by atoms with van der Waals surface area (Å²) in [6.45, 7) is -0.284. The predicted octanol–water partition coefficient (Wildman–Crippen LogP) is 4.44. The van der Waals surface area contributed by atoms with Crippen LogP contribution in [0.5, 0.6) is 5.88 Å². The first-order chi connectivity index (χ1) is 17.5. The van der Waals surface area contributed by atoms with Crippen LogP contribution in [0.1, 0.15) is 16.9 Å². The van der Waals surface area contributed by atoms with E-state index >= 15 is 0 Å². The summed E-state index contributed by atoms with van der Waals surface area (Å²) in [5, 5.41) is 8.02. The van der Waals surface area contributed by atoms with Crippen molar-refractivity contribution in [2.45, 2.75) is 24.6 Å². The molecule has 0 saturated carbocycles. The first kappa shape index (κ1) is 25.8. The summed E-state index contributed by atoms with van der Waals surface area (Å²) >= 11 is 0. The van der Waals surface area contributed by atoms with E-state index in [0.29, 0.717) is 11.2 Å². The molecule has 5 rings (SSSR count). The lowest BCUT2D eigenvalue weighted by molar-refractivity contribution is -0.192. The molecule has 37 heavy (non-hydrogen) atoms. The van der Waals surface area contributed by atoms with Gasteiger partial charge in [-0.15, -0.1) is 0 Å². The Kier molecular flexibility index (Phi) is 6.96. The summed E-state index contributed by atoms with van der Waals surface area (Å²) in [4.78, 5) is 31.7. The molecule has 194 valence electrons. The number of fused-ring (bicyclic) bond motifs is 2. The molecule has 0 spiro atoms. The van der Waals surface area contributed by atoms with Crippen molar-refractivity contribution in [2.75, 3.05) is 13.1 Å². The number of nitrogens with zero attached hydrogens (tertiary/aromatic N) is 4. The van der Waals surface area contributed by atoms with Crippen LogP contribution in [0, 0.1) is 0 Å². The number of alkyl halides is 5. The zero-order valence-corrected chi connectivity index (χ0v) is 18.9. The molecule has 4 aromatic rings. The maximum atomic E-state index is 14.6. The topological polar surface area (TPSA) is 97.0 Å². The van der Waals surface area contributed by atoms with Crippen molar-refractivity contribution in [3.63, 3.8) is 0 Å². The minimum Gasteiger partial charge on any atom is -0.475 e. The SMILES string of the molecule is O=C(O)C(F)(F)F.O=C(c1cccc2cncn12)N1CCC(F)(F)C(Oc2ccc3ccccc3n2)C1. The number of carbonyl (C=O) groups is 2. The Hall–Kier alpha value is -4.29. The largest absolute Gasteiger partial charge is 0.490 e. The van der Waals surface area contributed by atoms with Crippen LogP contribution in [-0.2, 0) is 4.79 Å². The number of carboxylic acid groups (broad SMARTS) is 1. The van der Waals surface area contributed by atoms with Gasteiger partial charge in [0, 0.05) is 24.4 Å². The minimum absolute atomic E-state index is 0.0536. The van der Waals surface area contributed by atoms with E-state index < -0.39 is 30.6 Å². The average molecular weight is 522 g/mol. The molecular weight excluding hydrogens is 503 g/mol. The monoisotopic (exact) mass is 522 g/mol. The number of likely N-dealkylation sites (tertiary alicyclic amines) is 1. The molecule has 4 heterocycles. The van der Waals surface area contributed by atoms with Crippen molar-refractivity contribution in [3.8, 4) is 5.88 Å². The zero-order chi connectivity index (χ0) is 26.8. The minimum atomic E-state index is -5.08. The first-order valence-electron chi connectivity index (χ1n) is 10.9. The van der Waals surface area contributed by atoms with Crippen LogP contribution >= 0.6 is 0 Å². The van der Waals surface area contributed by atoms with Crippen molar-refractivity contribution in [1.82, 2.24) is 19.3 Å². The Morgan fingerprint density at radius 2 is 1.78 bits per heavy atom. The number of aromatic nitrogens is 3. The van der Waals surface area contributed by atoms with Gasteiger partial charge in [0.1, 0.15) is 5.69 Å². The van der Waals surface area contributed by atoms with Gasteiger partial charge in [-0.25, -0.2) is 23.5 Å². The number of ether oxygens (including phenoxy) is 1. The van der Waals surface area contributed by atoms with Crippen LogP contribution in [-0.4, -0.2) is 67.5 Å². The molecule has 1 saturated heterocycles. The Morgan fingerprint density at radius 3 is 2.51 bits per heavy atom. The maximum Gasteiger partial charge on any atom is 0.490 e. The Morgan fingerprint density at radius 1 is 1.05 bits per heavy atom. The standard InChI is InChI=1S/C22H18F2N4O2.C2HF3O2/c23-22(24)10-11-27(21(29)18-7-3-5-16-12-25-14-28(16)18)13-19(22)30-20-9-8-15-4-1-2-6-17(15)26-20;3-2(4,5)1(6)7/h1-9,12,14,19H,10-11,13H2;(H,6,7). The molecule has 1 amide bonds. The van der Waals surface area contributed by atoms with Crippen LogP contribution in [0.15, 0.2) is 67.1 Å². The highest BCUT2D eigenvalue weighted by molar-refractivity contribution is 5.93. The van der Waals surface area contributed by atoms with E-state index in [-0.39, 0.29) is 24.9 Å². The van der Waals surface area contributed by atoms with Gasteiger partial charge in [-0.2, -0.15) is 13.2 Å². The van der Waals surface area contributed by atoms with Crippen LogP contribution in [0.2, 0.25) is 0 Å². The third-order valence-corrected chi connectivity index (χ3v) is 5.60. The number of rotatable bonds is 3. The van der Waals surface area contributed by atoms with Crippen LogP contribution in [0.3, 0.4) is 0 Å². The molecular formula is C24H19F5N4O4. The first-order valence-corrected chi connectivity index (χ1v) is 10.9. The Balaban J connectivity index is 0.000000405. The molecule has 0 radical (unpaired) electrons.